The van der Waals surface area contributed by atoms with Gasteiger partial charge in [-0.2, -0.15) is 0 Å². The second-order valence-electron chi connectivity index (χ2n) is 6.42. The van der Waals surface area contributed by atoms with Crippen LogP contribution in [0.1, 0.15) is 24.5 Å². The van der Waals surface area contributed by atoms with Gasteiger partial charge in [0.2, 0.25) is 0 Å². The number of rotatable bonds is 1. The molecule has 0 aliphatic carbocycles. The van der Waals surface area contributed by atoms with Crippen molar-refractivity contribution in [3.63, 3.8) is 0 Å². The number of pyridine rings is 1. The van der Waals surface area contributed by atoms with E-state index in [1.54, 1.807) is 12.5 Å². The Morgan fingerprint density at radius 3 is 3.00 bits per heavy atom. The van der Waals surface area contributed by atoms with Crippen molar-refractivity contribution >= 4 is 11.6 Å². The fraction of sp³-hybridized carbons (Fsp3) is 0.278. The molecule has 25 heavy (non-hydrogen) atoms. The Bertz CT molecular complexity index is 942. The van der Waals surface area contributed by atoms with Crippen molar-refractivity contribution in [1.82, 2.24) is 24.6 Å². The summed E-state index contributed by atoms with van der Waals surface area (Å²) in [6, 6.07) is 9.75. The van der Waals surface area contributed by atoms with Gasteiger partial charge in [-0.1, -0.05) is 17.7 Å². The van der Waals surface area contributed by atoms with Crippen molar-refractivity contribution in [3.8, 4) is 16.9 Å². The van der Waals surface area contributed by atoms with Gasteiger partial charge in [-0.15, -0.1) is 10.2 Å². The third kappa shape index (κ3) is 2.29. The van der Waals surface area contributed by atoms with E-state index in [4.69, 9.17) is 16.3 Å². The van der Waals surface area contributed by atoms with Gasteiger partial charge in [-0.05, 0) is 31.2 Å². The quantitative estimate of drug-likeness (QED) is 0.672. The molecule has 3 aromatic rings. The van der Waals surface area contributed by atoms with Gasteiger partial charge in [-0.25, -0.2) is 0 Å². The molecule has 4 heterocycles. The highest BCUT2D eigenvalue weighted by Gasteiger charge is 2.39. The zero-order chi connectivity index (χ0) is 17.0. The van der Waals surface area contributed by atoms with Crippen LogP contribution in [0.15, 0.2) is 42.9 Å². The lowest BCUT2D eigenvalue weighted by Crippen LogP contribution is -2.23. The maximum Gasteiger partial charge on any atom is 0.151 e. The standard InChI is InChI=1S/C18H16ClN5O/c1-11-8-23-9-15-22-21-10-24(15)14-6-5-12(19)16(17(14)18(23)25-11)13-4-2-3-7-20-13/h2-7,10-11,18H,8-9H2,1H3. The number of aromatic nitrogens is 4. The van der Waals surface area contributed by atoms with Crippen LogP contribution in [0, 0.1) is 0 Å². The van der Waals surface area contributed by atoms with Crippen LogP contribution >= 0.6 is 11.6 Å². The third-order valence-corrected chi connectivity index (χ3v) is 5.06. The molecule has 1 saturated heterocycles. The Balaban J connectivity index is 1.83. The predicted molar refractivity (Wildman–Crippen MR) is 93.3 cm³/mol. The Morgan fingerprint density at radius 2 is 2.16 bits per heavy atom. The zero-order valence-corrected chi connectivity index (χ0v) is 14.4. The number of halogens is 1. The number of hydrogen-bond acceptors (Lipinski definition) is 5. The average Bonchev–Trinajstić information content (AvgIpc) is 3.20. The van der Waals surface area contributed by atoms with E-state index in [0.717, 1.165) is 34.9 Å². The molecule has 2 aliphatic heterocycles. The minimum Gasteiger partial charge on any atom is -0.354 e. The summed E-state index contributed by atoms with van der Waals surface area (Å²) in [5.41, 5.74) is 3.76. The summed E-state index contributed by atoms with van der Waals surface area (Å²) in [5.74, 6) is 0.899. The van der Waals surface area contributed by atoms with E-state index >= 15 is 0 Å². The summed E-state index contributed by atoms with van der Waals surface area (Å²) < 4.78 is 8.29. The van der Waals surface area contributed by atoms with E-state index in [2.05, 4.69) is 27.0 Å². The molecule has 5 rings (SSSR count). The second kappa shape index (κ2) is 5.62. The lowest BCUT2D eigenvalue weighted by Gasteiger charge is -2.24. The molecule has 0 radical (unpaired) electrons. The van der Waals surface area contributed by atoms with Gasteiger partial charge in [0.1, 0.15) is 12.6 Å². The van der Waals surface area contributed by atoms with E-state index in [9.17, 15) is 0 Å². The number of ether oxygens (including phenoxy) is 1. The highest BCUT2D eigenvalue weighted by Crippen LogP contribution is 2.44. The molecule has 0 saturated carbocycles. The first kappa shape index (κ1) is 15.0. The van der Waals surface area contributed by atoms with E-state index in [0.29, 0.717) is 11.6 Å². The molecule has 6 nitrogen and oxygen atoms in total. The Morgan fingerprint density at radius 1 is 1.24 bits per heavy atom. The smallest absolute Gasteiger partial charge is 0.151 e. The number of nitrogens with zero attached hydrogens (tertiary/aromatic N) is 5. The molecule has 126 valence electrons. The lowest BCUT2D eigenvalue weighted by molar-refractivity contribution is 0.00286. The molecule has 2 aliphatic rings. The zero-order valence-electron chi connectivity index (χ0n) is 13.6. The molecule has 7 heteroatoms. The van der Waals surface area contributed by atoms with Crippen molar-refractivity contribution in [1.29, 1.82) is 0 Å². The molecule has 0 spiro atoms. The Labute approximate surface area is 150 Å². The van der Waals surface area contributed by atoms with Crippen molar-refractivity contribution < 1.29 is 4.74 Å². The van der Waals surface area contributed by atoms with E-state index < -0.39 is 0 Å². The van der Waals surface area contributed by atoms with Crippen molar-refractivity contribution in [3.05, 3.63) is 59.3 Å². The van der Waals surface area contributed by atoms with Crippen molar-refractivity contribution in [2.75, 3.05) is 6.54 Å². The van der Waals surface area contributed by atoms with Crippen molar-refractivity contribution in [2.45, 2.75) is 25.8 Å². The fourth-order valence-corrected chi connectivity index (χ4v) is 4.00. The maximum absolute atomic E-state index is 6.62. The van der Waals surface area contributed by atoms with E-state index in [1.807, 2.05) is 34.9 Å². The monoisotopic (exact) mass is 353 g/mol. The molecule has 0 N–H and O–H groups in total. The molecule has 2 atom stereocenters. The minimum atomic E-state index is -0.178. The van der Waals surface area contributed by atoms with Crippen LogP contribution in [-0.2, 0) is 11.3 Å². The predicted octanol–water partition coefficient (Wildman–Crippen LogP) is 3.22. The van der Waals surface area contributed by atoms with Crippen LogP contribution in [0.4, 0.5) is 0 Å². The van der Waals surface area contributed by atoms with Gasteiger partial charge in [0.15, 0.2) is 5.82 Å². The molecule has 1 fully saturated rings. The van der Waals surface area contributed by atoms with Crippen LogP contribution in [0.5, 0.6) is 0 Å². The van der Waals surface area contributed by atoms with Crippen LogP contribution < -0.4 is 0 Å². The second-order valence-corrected chi connectivity index (χ2v) is 6.82. The first-order chi connectivity index (χ1) is 12.2. The molecule has 2 unspecified atom stereocenters. The van der Waals surface area contributed by atoms with Crippen LogP contribution in [0.2, 0.25) is 5.02 Å². The molecule has 0 bridgehead atoms. The summed E-state index contributed by atoms with van der Waals surface area (Å²) in [5, 5.41) is 9.06. The van der Waals surface area contributed by atoms with Gasteiger partial charge in [0.05, 0.1) is 29.1 Å². The van der Waals surface area contributed by atoms with E-state index in [1.165, 1.54) is 0 Å². The largest absolute Gasteiger partial charge is 0.354 e. The summed E-state index contributed by atoms with van der Waals surface area (Å²) in [6.45, 7) is 3.61. The summed E-state index contributed by atoms with van der Waals surface area (Å²) in [7, 11) is 0. The third-order valence-electron chi connectivity index (χ3n) is 4.75. The summed E-state index contributed by atoms with van der Waals surface area (Å²) >= 11 is 6.62. The van der Waals surface area contributed by atoms with Crippen LogP contribution in [0.3, 0.4) is 0 Å². The van der Waals surface area contributed by atoms with Crippen LogP contribution in [-0.4, -0.2) is 37.3 Å². The van der Waals surface area contributed by atoms with Gasteiger partial charge in [0, 0.05) is 23.9 Å². The molecular formula is C18H16ClN5O. The topological polar surface area (TPSA) is 56.1 Å². The highest BCUT2D eigenvalue weighted by molar-refractivity contribution is 6.33. The normalized spacial score (nSPS) is 22.2. The average molecular weight is 354 g/mol. The summed E-state index contributed by atoms with van der Waals surface area (Å²) in [4.78, 5) is 6.80. The number of benzene rings is 1. The highest BCUT2D eigenvalue weighted by atomic mass is 35.5. The van der Waals surface area contributed by atoms with Crippen molar-refractivity contribution in [2.24, 2.45) is 0 Å². The molecule has 0 amide bonds. The SMILES string of the molecule is CC1CN2Cc3nncn3-c3ccc(Cl)c(-c4ccccn4)c3C2O1. The van der Waals surface area contributed by atoms with Gasteiger partial charge < -0.3 is 4.74 Å². The number of hydrogen-bond donors (Lipinski definition) is 0. The van der Waals surface area contributed by atoms with Gasteiger partial charge >= 0.3 is 0 Å². The minimum absolute atomic E-state index is 0.142. The Kier molecular flexibility index (Phi) is 3.38. The maximum atomic E-state index is 6.62. The summed E-state index contributed by atoms with van der Waals surface area (Å²) in [6.07, 6.45) is 3.49. The lowest BCUT2D eigenvalue weighted by atomic mass is 9.99. The molecular weight excluding hydrogens is 338 g/mol. The Hall–Kier alpha value is -2.28. The number of fused-ring (bicyclic) bond motifs is 5. The van der Waals surface area contributed by atoms with Gasteiger partial charge in [-0.3, -0.25) is 14.5 Å². The first-order valence-electron chi connectivity index (χ1n) is 8.25. The van der Waals surface area contributed by atoms with E-state index in [-0.39, 0.29) is 12.3 Å². The van der Waals surface area contributed by atoms with Crippen LogP contribution in [0.25, 0.3) is 16.9 Å². The first-order valence-corrected chi connectivity index (χ1v) is 8.63. The molecule has 1 aromatic carbocycles. The molecule has 2 aromatic heterocycles. The fourth-order valence-electron chi connectivity index (χ4n) is 3.74. The van der Waals surface area contributed by atoms with Gasteiger partial charge in [0.25, 0.3) is 0 Å².